The van der Waals surface area contributed by atoms with Crippen molar-refractivity contribution < 1.29 is 0 Å². The third-order valence-electron chi connectivity index (χ3n) is 2.57. The fraction of sp³-hybridized carbons (Fsp3) is 0.800. The van der Waals surface area contributed by atoms with Crippen molar-refractivity contribution in [3.8, 4) is 0 Å². The molecule has 12 heavy (non-hydrogen) atoms. The molecule has 1 atom stereocenters. The van der Waals surface area contributed by atoms with Crippen LogP contribution in [0.25, 0.3) is 0 Å². The molecule has 1 saturated heterocycles. The van der Waals surface area contributed by atoms with Crippen molar-refractivity contribution in [2.45, 2.75) is 25.8 Å². The molecule has 0 amide bonds. The van der Waals surface area contributed by atoms with Gasteiger partial charge in [-0.3, -0.25) is 0 Å². The minimum Gasteiger partial charge on any atom is -0.379 e. The largest absolute Gasteiger partial charge is 0.379 e. The quantitative estimate of drug-likeness (QED) is 0.631. The van der Waals surface area contributed by atoms with Crippen molar-refractivity contribution >= 4 is 0 Å². The van der Waals surface area contributed by atoms with Gasteiger partial charge in [0.1, 0.15) is 0 Å². The molecule has 1 aliphatic heterocycles. The van der Waals surface area contributed by atoms with Crippen molar-refractivity contribution in [2.75, 3.05) is 27.2 Å². The zero-order valence-corrected chi connectivity index (χ0v) is 8.45. The summed E-state index contributed by atoms with van der Waals surface area (Å²) in [7, 11) is 4.37. The van der Waals surface area contributed by atoms with E-state index in [9.17, 15) is 0 Å². The number of hydrogen-bond donors (Lipinski definition) is 0. The van der Waals surface area contributed by atoms with E-state index >= 15 is 0 Å². The molecule has 0 aromatic rings. The second-order valence-corrected chi connectivity index (χ2v) is 3.70. The van der Waals surface area contributed by atoms with Gasteiger partial charge in [-0.15, -0.1) is 0 Å². The van der Waals surface area contributed by atoms with Gasteiger partial charge < -0.3 is 9.80 Å². The Kier molecular flexibility index (Phi) is 3.60. The summed E-state index contributed by atoms with van der Waals surface area (Å²) in [6.45, 7) is 4.50. The Morgan fingerprint density at radius 1 is 1.58 bits per heavy atom. The molecule has 1 aliphatic rings. The van der Waals surface area contributed by atoms with Crippen LogP contribution in [-0.4, -0.2) is 43.0 Å². The molecule has 0 radical (unpaired) electrons. The topological polar surface area (TPSA) is 6.48 Å². The second-order valence-electron chi connectivity index (χ2n) is 3.70. The smallest absolute Gasteiger partial charge is 0.0325 e. The molecule has 2 heteroatoms. The van der Waals surface area contributed by atoms with Crippen LogP contribution in [0.2, 0.25) is 0 Å². The standard InChI is InChI=1S/C10H20N2/c1-4-7-11(2)9-10-6-5-8-12(10)3/h4,7,10H,5-6,8-9H2,1-3H3/b7-4-. The zero-order chi connectivity index (χ0) is 8.97. The number of rotatable bonds is 3. The molecule has 0 N–H and O–H groups in total. The molecular weight excluding hydrogens is 148 g/mol. The minimum absolute atomic E-state index is 0.770. The van der Waals surface area contributed by atoms with E-state index in [2.05, 4.69) is 43.1 Å². The third-order valence-corrected chi connectivity index (χ3v) is 2.57. The second kappa shape index (κ2) is 4.51. The lowest BCUT2D eigenvalue weighted by molar-refractivity contribution is 0.256. The highest BCUT2D eigenvalue weighted by atomic mass is 15.2. The Hall–Kier alpha value is -0.500. The number of nitrogens with zero attached hydrogens (tertiary/aromatic N) is 2. The Morgan fingerprint density at radius 2 is 2.33 bits per heavy atom. The van der Waals surface area contributed by atoms with Crippen LogP contribution in [0.3, 0.4) is 0 Å². The average Bonchev–Trinajstić information content (AvgIpc) is 2.37. The monoisotopic (exact) mass is 168 g/mol. The van der Waals surface area contributed by atoms with Crippen molar-refractivity contribution in [3.63, 3.8) is 0 Å². The fourth-order valence-electron chi connectivity index (χ4n) is 1.86. The van der Waals surface area contributed by atoms with Gasteiger partial charge in [0.25, 0.3) is 0 Å². The van der Waals surface area contributed by atoms with E-state index in [1.807, 2.05) is 0 Å². The molecule has 1 heterocycles. The molecule has 1 unspecified atom stereocenters. The lowest BCUT2D eigenvalue weighted by atomic mass is 10.2. The first-order valence-electron chi connectivity index (χ1n) is 4.77. The molecule has 2 nitrogen and oxygen atoms in total. The Labute approximate surface area is 75.8 Å². The maximum absolute atomic E-state index is 2.46. The molecule has 0 aromatic carbocycles. The molecule has 1 rings (SSSR count). The highest BCUT2D eigenvalue weighted by molar-refractivity contribution is 4.83. The van der Waals surface area contributed by atoms with E-state index in [0.717, 1.165) is 6.04 Å². The Balaban J connectivity index is 2.29. The SMILES string of the molecule is C/C=C\N(C)CC1CCCN1C. The molecule has 0 aromatic heterocycles. The van der Waals surface area contributed by atoms with E-state index in [1.54, 1.807) is 0 Å². The summed E-state index contributed by atoms with van der Waals surface area (Å²) < 4.78 is 0. The molecular formula is C10H20N2. The van der Waals surface area contributed by atoms with Gasteiger partial charge in [-0.25, -0.2) is 0 Å². The van der Waals surface area contributed by atoms with Gasteiger partial charge in [-0.05, 0) is 39.6 Å². The van der Waals surface area contributed by atoms with Crippen LogP contribution in [0, 0.1) is 0 Å². The summed E-state index contributed by atoms with van der Waals surface area (Å²) in [4.78, 5) is 4.73. The predicted octanol–water partition coefficient (Wildman–Crippen LogP) is 1.55. The van der Waals surface area contributed by atoms with E-state index in [4.69, 9.17) is 0 Å². The lowest BCUT2D eigenvalue weighted by Gasteiger charge is -2.24. The van der Waals surface area contributed by atoms with Crippen LogP contribution in [-0.2, 0) is 0 Å². The van der Waals surface area contributed by atoms with Gasteiger partial charge in [0.15, 0.2) is 0 Å². The van der Waals surface area contributed by atoms with Gasteiger partial charge in [-0.1, -0.05) is 6.08 Å². The first-order valence-corrected chi connectivity index (χ1v) is 4.77. The van der Waals surface area contributed by atoms with E-state index in [0.29, 0.717) is 0 Å². The number of likely N-dealkylation sites (tertiary alicyclic amines) is 1. The van der Waals surface area contributed by atoms with Crippen LogP contribution in [0.4, 0.5) is 0 Å². The number of allylic oxidation sites excluding steroid dienone is 1. The summed E-state index contributed by atoms with van der Waals surface area (Å²) in [5, 5.41) is 0. The summed E-state index contributed by atoms with van der Waals surface area (Å²) >= 11 is 0. The van der Waals surface area contributed by atoms with Crippen molar-refractivity contribution in [1.29, 1.82) is 0 Å². The van der Waals surface area contributed by atoms with Crippen molar-refractivity contribution in [1.82, 2.24) is 9.80 Å². The molecule has 0 aliphatic carbocycles. The number of hydrogen-bond acceptors (Lipinski definition) is 2. The minimum atomic E-state index is 0.770. The first kappa shape index (κ1) is 9.59. The predicted molar refractivity (Wildman–Crippen MR) is 53.1 cm³/mol. The summed E-state index contributed by atoms with van der Waals surface area (Å²) in [6, 6.07) is 0.770. The summed E-state index contributed by atoms with van der Waals surface area (Å²) in [5.74, 6) is 0. The fourth-order valence-corrected chi connectivity index (χ4v) is 1.86. The van der Waals surface area contributed by atoms with E-state index in [1.165, 1.54) is 25.9 Å². The van der Waals surface area contributed by atoms with Crippen molar-refractivity contribution in [3.05, 3.63) is 12.3 Å². The molecule has 1 fully saturated rings. The first-order chi connectivity index (χ1) is 5.74. The summed E-state index contributed by atoms with van der Waals surface area (Å²) in [5.41, 5.74) is 0. The van der Waals surface area contributed by atoms with Gasteiger partial charge in [0.05, 0.1) is 0 Å². The number of likely N-dealkylation sites (N-methyl/N-ethyl adjacent to an activating group) is 2. The van der Waals surface area contributed by atoms with Crippen LogP contribution >= 0.6 is 0 Å². The highest BCUT2D eigenvalue weighted by Crippen LogP contribution is 2.15. The van der Waals surface area contributed by atoms with Gasteiger partial charge in [0.2, 0.25) is 0 Å². The van der Waals surface area contributed by atoms with Crippen LogP contribution in [0.5, 0.6) is 0 Å². The lowest BCUT2D eigenvalue weighted by Crippen LogP contribution is -2.34. The Bertz CT molecular complexity index is 154. The zero-order valence-electron chi connectivity index (χ0n) is 8.45. The van der Waals surface area contributed by atoms with Crippen LogP contribution in [0.15, 0.2) is 12.3 Å². The van der Waals surface area contributed by atoms with Crippen molar-refractivity contribution in [2.24, 2.45) is 0 Å². The summed E-state index contributed by atoms with van der Waals surface area (Å²) in [6.07, 6.45) is 6.96. The van der Waals surface area contributed by atoms with Gasteiger partial charge >= 0.3 is 0 Å². The van der Waals surface area contributed by atoms with E-state index < -0.39 is 0 Å². The van der Waals surface area contributed by atoms with Gasteiger partial charge in [0, 0.05) is 19.6 Å². The maximum Gasteiger partial charge on any atom is 0.0325 e. The highest BCUT2D eigenvalue weighted by Gasteiger charge is 2.20. The van der Waals surface area contributed by atoms with E-state index in [-0.39, 0.29) is 0 Å². The molecule has 70 valence electrons. The maximum atomic E-state index is 2.46. The average molecular weight is 168 g/mol. The molecule has 0 spiro atoms. The third kappa shape index (κ3) is 2.52. The van der Waals surface area contributed by atoms with Gasteiger partial charge in [-0.2, -0.15) is 0 Å². The normalized spacial score (nSPS) is 25.4. The Morgan fingerprint density at radius 3 is 2.83 bits per heavy atom. The molecule has 0 bridgehead atoms. The molecule has 0 saturated carbocycles. The van der Waals surface area contributed by atoms with Crippen LogP contribution < -0.4 is 0 Å². The van der Waals surface area contributed by atoms with Crippen LogP contribution in [0.1, 0.15) is 19.8 Å².